The second kappa shape index (κ2) is 7.19. The summed E-state index contributed by atoms with van der Waals surface area (Å²) in [5.41, 5.74) is 0.834. The van der Waals surface area contributed by atoms with Crippen molar-refractivity contribution in [2.45, 2.75) is 12.6 Å². The molecule has 0 spiro atoms. The number of hydrogen-bond donors (Lipinski definition) is 0. The Morgan fingerprint density at radius 2 is 2.29 bits per heavy atom. The third kappa shape index (κ3) is 3.85. The highest BCUT2D eigenvalue weighted by Crippen LogP contribution is 2.22. The van der Waals surface area contributed by atoms with E-state index in [1.165, 1.54) is 6.20 Å². The minimum atomic E-state index is -0.219. The lowest BCUT2D eigenvalue weighted by atomic mass is 10.2. The van der Waals surface area contributed by atoms with Crippen LogP contribution in [0.3, 0.4) is 0 Å². The van der Waals surface area contributed by atoms with Gasteiger partial charge in [0.05, 0.1) is 30.1 Å². The van der Waals surface area contributed by atoms with E-state index in [1.807, 2.05) is 37.2 Å². The van der Waals surface area contributed by atoms with Crippen LogP contribution in [-0.2, 0) is 16.1 Å². The minimum absolute atomic E-state index is 0.00756. The molecular weight excluding hydrogens is 330 g/mol. The van der Waals surface area contributed by atoms with Crippen LogP contribution in [0.5, 0.6) is 0 Å². The molecule has 24 heavy (non-hydrogen) atoms. The van der Waals surface area contributed by atoms with E-state index < -0.39 is 0 Å². The summed E-state index contributed by atoms with van der Waals surface area (Å²) in [6, 6.07) is 5.82. The van der Waals surface area contributed by atoms with Gasteiger partial charge in [0.2, 0.25) is 5.91 Å². The lowest BCUT2D eigenvalue weighted by molar-refractivity contribution is -0.140. The van der Waals surface area contributed by atoms with E-state index in [-0.39, 0.29) is 18.6 Å². The molecule has 0 radical (unpaired) electrons. The van der Waals surface area contributed by atoms with Crippen molar-refractivity contribution in [3.8, 4) is 0 Å². The van der Waals surface area contributed by atoms with Crippen molar-refractivity contribution in [3.05, 3.63) is 41.3 Å². The maximum Gasteiger partial charge on any atom is 0.244 e. The van der Waals surface area contributed by atoms with Crippen molar-refractivity contribution >= 4 is 23.3 Å². The Morgan fingerprint density at radius 1 is 1.46 bits per heavy atom. The zero-order chi connectivity index (χ0) is 17.1. The molecule has 128 valence electrons. The summed E-state index contributed by atoms with van der Waals surface area (Å²) in [7, 11) is 3.89. The largest absolute Gasteiger partial charge is 0.368 e. The number of aromatic nitrogens is 3. The Labute approximate surface area is 145 Å². The molecule has 0 saturated carbocycles. The van der Waals surface area contributed by atoms with Crippen molar-refractivity contribution in [2.24, 2.45) is 0 Å². The molecule has 0 N–H and O–H groups in total. The normalized spacial score (nSPS) is 17.8. The van der Waals surface area contributed by atoms with Crippen LogP contribution < -0.4 is 4.90 Å². The quantitative estimate of drug-likeness (QED) is 0.839. The topological polar surface area (TPSA) is 63.5 Å². The van der Waals surface area contributed by atoms with Crippen LogP contribution in [0.4, 0.5) is 5.82 Å². The SMILES string of the molecule is CN(C)c1cccc([C@H]2CN(C(=O)Cn3cc(Cl)cn3)CCO2)n1. The molecule has 0 aromatic carbocycles. The summed E-state index contributed by atoms with van der Waals surface area (Å²) in [4.78, 5) is 20.8. The van der Waals surface area contributed by atoms with Crippen LogP contribution in [-0.4, -0.2) is 59.4 Å². The first kappa shape index (κ1) is 16.7. The highest BCUT2D eigenvalue weighted by Gasteiger charge is 2.26. The van der Waals surface area contributed by atoms with E-state index in [9.17, 15) is 4.79 Å². The molecule has 1 aliphatic heterocycles. The number of morpholine rings is 1. The number of carbonyl (C=O) groups is 1. The smallest absolute Gasteiger partial charge is 0.244 e. The fraction of sp³-hybridized carbons (Fsp3) is 0.438. The van der Waals surface area contributed by atoms with E-state index in [0.29, 0.717) is 24.7 Å². The molecule has 1 aliphatic rings. The molecule has 7 nitrogen and oxygen atoms in total. The van der Waals surface area contributed by atoms with Crippen molar-refractivity contribution in [1.29, 1.82) is 0 Å². The lowest BCUT2D eigenvalue weighted by Crippen LogP contribution is -2.44. The third-order valence-corrected chi connectivity index (χ3v) is 4.06. The van der Waals surface area contributed by atoms with Crippen LogP contribution in [0.25, 0.3) is 0 Å². The molecule has 8 heteroatoms. The number of rotatable bonds is 4. The van der Waals surface area contributed by atoms with Gasteiger partial charge in [-0.1, -0.05) is 17.7 Å². The molecule has 1 saturated heterocycles. The predicted molar refractivity (Wildman–Crippen MR) is 91.1 cm³/mol. The molecule has 1 amide bonds. The summed E-state index contributed by atoms with van der Waals surface area (Å²) in [6.45, 7) is 1.71. The summed E-state index contributed by atoms with van der Waals surface area (Å²) in [6.07, 6.45) is 2.94. The molecule has 1 fully saturated rings. The first-order valence-electron chi connectivity index (χ1n) is 7.74. The van der Waals surface area contributed by atoms with Gasteiger partial charge in [0.1, 0.15) is 18.5 Å². The Balaban J connectivity index is 1.67. The van der Waals surface area contributed by atoms with Gasteiger partial charge in [-0.05, 0) is 12.1 Å². The van der Waals surface area contributed by atoms with E-state index in [1.54, 1.807) is 15.8 Å². The standard InChI is InChI=1S/C16H20ClN5O2/c1-20(2)15-5-3-4-13(19-15)14-10-21(6-7-24-14)16(23)11-22-9-12(17)8-18-22/h3-5,8-9,14H,6-7,10-11H2,1-2H3/t14-/m1/s1. The van der Waals surface area contributed by atoms with Gasteiger partial charge in [-0.2, -0.15) is 5.10 Å². The summed E-state index contributed by atoms with van der Waals surface area (Å²) in [5.74, 6) is 0.859. The first-order valence-corrected chi connectivity index (χ1v) is 8.12. The van der Waals surface area contributed by atoms with Gasteiger partial charge in [0.25, 0.3) is 0 Å². The number of carbonyl (C=O) groups excluding carboxylic acids is 1. The van der Waals surface area contributed by atoms with Gasteiger partial charge in [-0.25, -0.2) is 4.98 Å². The monoisotopic (exact) mass is 349 g/mol. The Hall–Kier alpha value is -2.12. The fourth-order valence-corrected chi connectivity index (χ4v) is 2.74. The van der Waals surface area contributed by atoms with Crippen molar-refractivity contribution in [2.75, 3.05) is 38.7 Å². The summed E-state index contributed by atoms with van der Waals surface area (Å²) in [5, 5.41) is 4.57. The minimum Gasteiger partial charge on any atom is -0.368 e. The molecular formula is C16H20ClN5O2. The predicted octanol–water partition coefficient (Wildman–Crippen LogP) is 1.60. The summed E-state index contributed by atoms with van der Waals surface area (Å²) >= 11 is 5.83. The molecule has 1 atom stereocenters. The summed E-state index contributed by atoms with van der Waals surface area (Å²) < 4.78 is 7.36. The van der Waals surface area contributed by atoms with Crippen molar-refractivity contribution in [3.63, 3.8) is 0 Å². The van der Waals surface area contributed by atoms with Crippen molar-refractivity contribution < 1.29 is 9.53 Å². The lowest BCUT2D eigenvalue weighted by Gasteiger charge is -2.33. The van der Waals surface area contributed by atoms with Crippen molar-refractivity contribution in [1.82, 2.24) is 19.7 Å². The average molecular weight is 350 g/mol. The van der Waals surface area contributed by atoms with Gasteiger partial charge < -0.3 is 14.5 Å². The second-order valence-electron chi connectivity index (χ2n) is 5.87. The number of pyridine rings is 1. The second-order valence-corrected chi connectivity index (χ2v) is 6.31. The van der Waals surface area contributed by atoms with Gasteiger partial charge in [-0.3, -0.25) is 9.48 Å². The maximum absolute atomic E-state index is 12.5. The van der Waals surface area contributed by atoms with E-state index in [0.717, 1.165) is 11.5 Å². The van der Waals surface area contributed by atoms with Gasteiger partial charge in [0, 0.05) is 26.8 Å². The maximum atomic E-state index is 12.5. The number of amides is 1. The molecule has 3 rings (SSSR count). The number of anilines is 1. The molecule has 2 aromatic rings. The Kier molecular flexibility index (Phi) is 5.01. The van der Waals surface area contributed by atoms with Crippen LogP contribution >= 0.6 is 11.6 Å². The van der Waals surface area contributed by atoms with Gasteiger partial charge in [-0.15, -0.1) is 0 Å². The number of nitrogens with zero attached hydrogens (tertiary/aromatic N) is 5. The zero-order valence-corrected chi connectivity index (χ0v) is 14.5. The molecule has 0 aliphatic carbocycles. The fourth-order valence-electron chi connectivity index (χ4n) is 2.59. The van der Waals surface area contributed by atoms with E-state index >= 15 is 0 Å². The van der Waals surface area contributed by atoms with Crippen LogP contribution in [0.15, 0.2) is 30.6 Å². The Bertz CT molecular complexity index is 718. The number of ether oxygens (including phenoxy) is 1. The van der Waals surface area contributed by atoms with Crippen LogP contribution in [0.2, 0.25) is 5.02 Å². The molecule has 0 unspecified atom stereocenters. The van der Waals surface area contributed by atoms with E-state index in [2.05, 4.69) is 10.1 Å². The van der Waals surface area contributed by atoms with Crippen LogP contribution in [0.1, 0.15) is 11.8 Å². The van der Waals surface area contributed by atoms with Gasteiger partial charge in [0.15, 0.2) is 0 Å². The van der Waals surface area contributed by atoms with Crippen LogP contribution in [0, 0.1) is 0 Å². The third-order valence-electron chi connectivity index (χ3n) is 3.86. The average Bonchev–Trinajstić information content (AvgIpc) is 3.00. The Morgan fingerprint density at radius 3 is 3.00 bits per heavy atom. The highest BCUT2D eigenvalue weighted by atomic mass is 35.5. The molecule has 0 bridgehead atoms. The number of hydrogen-bond acceptors (Lipinski definition) is 5. The highest BCUT2D eigenvalue weighted by molar-refractivity contribution is 6.30. The molecule has 2 aromatic heterocycles. The molecule has 3 heterocycles. The van der Waals surface area contributed by atoms with Gasteiger partial charge >= 0.3 is 0 Å². The van der Waals surface area contributed by atoms with E-state index in [4.69, 9.17) is 16.3 Å². The first-order chi connectivity index (χ1) is 11.5. The zero-order valence-electron chi connectivity index (χ0n) is 13.7. The number of halogens is 1.